The molecule has 2 aliphatic heterocycles. The van der Waals surface area contributed by atoms with E-state index in [4.69, 9.17) is 4.74 Å². The molecule has 2 aromatic rings. The number of rotatable bonds is 7. The number of ether oxygens (including phenoxy) is 1. The maximum absolute atomic E-state index is 13.1. The molecule has 2 saturated heterocycles. The number of carbonyl (C=O) groups is 4. The molecule has 0 saturated carbocycles. The highest BCUT2D eigenvalue weighted by molar-refractivity contribution is 6.08. The number of imide groups is 1. The number of hydrogen-bond donors (Lipinski definition) is 2. The number of hydrazine groups is 1. The lowest BCUT2D eigenvalue weighted by atomic mass is 9.87. The molecule has 2 N–H and O–H groups in total. The summed E-state index contributed by atoms with van der Waals surface area (Å²) < 4.78 is 5.53. The van der Waals surface area contributed by atoms with Gasteiger partial charge >= 0.3 is 6.03 Å². The van der Waals surface area contributed by atoms with Crippen LogP contribution in [0.15, 0.2) is 54.6 Å². The topological polar surface area (TPSA) is 108 Å². The summed E-state index contributed by atoms with van der Waals surface area (Å²) in [7, 11) is 0. The van der Waals surface area contributed by atoms with E-state index in [9.17, 15) is 19.2 Å². The van der Waals surface area contributed by atoms with Gasteiger partial charge in [0.25, 0.3) is 11.8 Å². The molecule has 9 heteroatoms. The van der Waals surface area contributed by atoms with E-state index in [2.05, 4.69) is 10.7 Å². The molecule has 2 heterocycles. The molecular weight excluding hydrogens is 412 g/mol. The molecule has 1 atom stereocenters. The molecule has 2 fully saturated rings. The van der Waals surface area contributed by atoms with Crippen LogP contribution in [-0.4, -0.2) is 41.9 Å². The SMILES string of the molecule is CCC1(c2ccccc2)NC(=O)N(NC(=O)COc2cccc(N3CCCC3=O)c2)C1=O. The monoisotopic (exact) mass is 436 g/mol. The molecule has 1 unspecified atom stereocenters. The first kappa shape index (κ1) is 21.4. The van der Waals surface area contributed by atoms with Gasteiger partial charge in [0.05, 0.1) is 0 Å². The van der Waals surface area contributed by atoms with Crippen molar-refractivity contribution in [2.75, 3.05) is 18.1 Å². The Balaban J connectivity index is 1.40. The molecule has 32 heavy (non-hydrogen) atoms. The molecule has 0 bridgehead atoms. The van der Waals surface area contributed by atoms with Crippen molar-refractivity contribution in [1.29, 1.82) is 0 Å². The Bertz CT molecular complexity index is 1060. The maximum Gasteiger partial charge on any atom is 0.344 e. The van der Waals surface area contributed by atoms with Gasteiger partial charge in [-0.25, -0.2) is 4.79 Å². The number of nitrogens with zero attached hydrogens (tertiary/aromatic N) is 2. The van der Waals surface area contributed by atoms with Crippen LogP contribution < -0.4 is 20.4 Å². The summed E-state index contributed by atoms with van der Waals surface area (Å²) in [4.78, 5) is 51.5. The van der Waals surface area contributed by atoms with Crippen LogP contribution in [0.3, 0.4) is 0 Å². The Labute approximate surface area is 185 Å². The van der Waals surface area contributed by atoms with Crippen molar-refractivity contribution in [1.82, 2.24) is 15.8 Å². The van der Waals surface area contributed by atoms with Crippen LogP contribution in [-0.2, 0) is 19.9 Å². The average molecular weight is 436 g/mol. The Hall–Kier alpha value is -3.88. The molecule has 9 nitrogen and oxygen atoms in total. The van der Waals surface area contributed by atoms with Gasteiger partial charge in [-0.15, -0.1) is 0 Å². The minimum absolute atomic E-state index is 0.0521. The fourth-order valence-corrected chi connectivity index (χ4v) is 4.01. The first-order valence-electron chi connectivity index (χ1n) is 10.5. The molecule has 166 valence electrons. The lowest BCUT2D eigenvalue weighted by molar-refractivity contribution is -0.140. The number of nitrogens with one attached hydrogen (secondary N) is 2. The van der Waals surface area contributed by atoms with E-state index in [-0.39, 0.29) is 5.91 Å². The lowest BCUT2D eigenvalue weighted by Gasteiger charge is -2.25. The molecule has 2 aromatic carbocycles. The molecular formula is C23H24N4O5. The zero-order valence-electron chi connectivity index (χ0n) is 17.7. The normalized spacial score (nSPS) is 20.5. The van der Waals surface area contributed by atoms with Crippen LogP contribution in [0.1, 0.15) is 31.7 Å². The minimum Gasteiger partial charge on any atom is -0.484 e. The average Bonchev–Trinajstić information content (AvgIpc) is 3.35. The molecule has 5 amide bonds. The molecule has 0 aliphatic carbocycles. The van der Waals surface area contributed by atoms with Gasteiger partial charge in [0.2, 0.25) is 5.91 Å². The van der Waals surface area contributed by atoms with Gasteiger partial charge in [0.15, 0.2) is 6.61 Å². The summed E-state index contributed by atoms with van der Waals surface area (Å²) in [6.45, 7) is 2.03. The Morgan fingerprint density at radius 1 is 1.12 bits per heavy atom. The minimum atomic E-state index is -1.23. The Morgan fingerprint density at radius 3 is 2.59 bits per heavy atom. The van der Waals surface area contributed by atoms with Gasteiger partial charge in [-0.3, -0.25) is 19.8 Å². The van der Waals surface area contributed by atoms with Gasteiger partial charge in [-0.05, 0) is 30.5 Å². The number of hydrogen-bond acceptors (Lipinski definition) is 5. The lowest BCUT2D eigenvalue weighted by Crippen LogP contribution is -2.49. The van der Waals surface area contributed by atoms with E-state index in [0.717, 1.165) is 6.42 Å². The number of anilines is 1. The van der Waals surface area contributed by atoms with Crippen molar-refractivity contribution < 1.29 is 23.9 Å². The third-order valence-electron chi connectivity index (χ3n) is 5.70. The molecule has 0 aromatic heterocycles. The molecule has 2 aliphatic rings. The van der Waals surface area contributed by atoms with E-state index in [0.29, 0.717) is 41.4 Å². The van der Waals surface area contributed by atoms with Gasteiger partial charge in [0.1, 0.15) is 11.3 Å². The zero-order chi connectivity index (χ0) is 22.7. The van der Waals surface area contributed by atoms with Crippen LogP contribution >= 0.6 is 0 Å². The highest BCUT2D eigenvalue weighted by atomic mass is 16.5. The second kappa shape index (κ2) is 8.70. The predicted molar refractivity (Wildman–Crippen MR) is 115 cm³/mol. The van der Waals surface area contributed by atoms with Gasteiger partial charge in [-0.2, -0.15) is 5.01 Å². The smallest absolute Gasteiger partial charge is 0.344 e. The summed E-state index contributed by atoms with van der Waals surface area (Å²) in [6.07, 6.45) is 1.65. The van der Waals surface area contributed by atoms with E-state index in [1.54, 1.807) is 60.4 Å². The van der Waals surface area contributed by atoms with Crippen LogP contribution in [0.5, 0.6) is 5.75 Å². The number of urea groups is 1. The largest absolute Gasteiger partial charge is 0.484 e. The van der Waals surface area contributed by atoms with Crippen molar-refractivity contribution in [3.63, 3.8) is 0 Å². The van der Waals surface area contributed by atoms with E-state index < -0.39 is 30.0 Å². The standard InChI is InChI=1S/C23H24N4O5/c1-2-23(16-8-4-3-5-9-16)21(30)27(22(31)24-23)25-19(28)15-32-18-11-6-10-17(14-18)26-13-7-12-20(26)29/h3-6,8-11,14H,2,7,12-13,15H2,1H3,(H,24,31)(H,25,28). The van der Waals surface area contributed by atoms with Crippen molar-refractivity contribution in [2.45, 2.75) is 31.7 Å². The zero-order valence-corrected chi connectivity index (χ0v) is 17.7. The van der Waals surface area contributed by atoms with Gasteiger partial charge < -0.3 is 15.0 Å². The summed E-state index contributed by atoms with van der Waals surface area (Å²) in [5.74, 6) is -0.756. The highest BCUT2D eigenvalue weighted by Crippen LogP contribution is 2.31. The van der Waals surface area contributed by atoms with E-state index in [1.165, 1.54) is 0 Å². The third kappa shape index (κ3) is 3.89. The van der Waals surface area contributed by atoms with Gasteiger partial charge in [-0.1, -0.05) is 43.3 Å². The Morgan fingerprint density at radius 2 is 1.91 bits per heavy atom. The first-order chi connectivity index (χ1) is 15.4. The summed E-state index contributed by atoms with van der Waals surface area (Å²) in [5, 5.41) is 3.40. The molecule has 0 spiro atoms. The van der Waals surface area contributed by atoms with Gasteiger partial charge in [0, 0.05) is 24.7 Å². The molecule has 0 radical (unpaired) electrons. The number of carbonyl (C=O) groups excluding carboxylic acids is 4. The van der Waals surface area contributed by atoms with Crippen molar-refractivity contribution in [2.24, 2.45) is 0 Å². The fourth-order valence-electron chi connectivity index (χ4n) is 4.01. The highest BCUT2D eigenvalue weighted by Gasteiger charge is 2.52. The quantitative estimate of drug-likeness (QED) is 0.646. The number of benzene rings is 2. The van der Waals surface area contributed by atoms with Crippen molar-refractivity contribution in [3.8, 4) is 5.75 Å². The summed E-state index contributed by atoms with van der Waals surface area (Å²) in [5.41, 5.74) is 2.44. The van der Waals surface area contributed by atoms with Crippen LogP contribution in [0, 0.1) is 0 Å². The fraction of sp³-hybridized carbons (Fsp3) is 0.304. The van der Waals surface area contributed by atoms with Crippen molar-refractivity contribution >= 4 is 29.4 Å². The van der Waals surface area contributed by atoms with E-state index in [1.807, 2.05) is 6.07 Å². The van der Waals surface area contributed by atoms with Crippen LogP contribution in [0.4, 0.5) is 10.5 Å². The van der Waals surface area contributed by atoms with E-state index >= 15 is 0 Å². The summed E-state index contributed by atoms with van der Waals surface area (Å²) in [6, 6.07) is 15.1. The number of amides is 5. The van der Waals surface area contributed by atoms with Crippen molar-refractivity contribution in [3.05, 3.63) is 60.2 Å². The van der Waals surface area contributed by atoms with Crippen LogP contribution in [0.25, 0.3) is 0 Å². The third-order valence-corrected chi connectivity index (χ3v) is 5.70. The second-order valence-corrected chi connectivity index (χ2v) is 7.67. The Kier molecular flexibility index (Phi) is 5.81. The molecule has 4 rings (SSSR count). The second-order valence-electron chi connectivity index (χ2n) is 7.67. The van der Waals surface area contributed by atoms with Crippen LogP contribution in [0.2, 0.25) is 0 Å². The summed E-state index contributed by atoms with van der Waals surface area (Å²) >= 11 is 0. The maximum atomic E-state index is 13.1. The first-order valence-corrected chi connectivity index (χ1v) is 10.5. The predicted octanol–water partition coefficient (Wildman–Crippen LogP) is 2.08.